The molecule has 0 bridgehead atoms. The van der Waals surface area contributed by atoms with E-state index in [1.807, 2.05) is 0 Å². The van der Waals surface area contributed by atoms with Crippen LogP contribution in [0.1, 0.15) is 34.6 Å². The van der Waals surface area contributed by atoms with Gasteiger partial charge in [0.2, 0.25) is 6.29 Å². The Hall–Kier alpha value is -0.990. The molecule has 1 N–H and O–H groups in total. The maximum Gasteiger partial charge on any atom is 0.331 e. The van der Waals surface area contributed by atoms with Crippen molar-refractivity contribution in [2.45, 2.75) is 59.2 Å². The summed E-state index contributed by atoms with van der Waals surface area (Å²) in [6.45, 7) is 7.87. The monoisotopic (exact) mass is 382 g/mol. The summed E-state index contributed by atoms with van der Waals surface area (Å²) in [4.78, 5) is 22.4. The summed E-state index contributed by atoms with van der Waals surface area (Å²) in [6.07, 6.45) is -4.52. The largest absolute Gasteiger partial charge is 0.453 e. The van der Waals surface area contributed by atoms with Gasteiger partial charge in [0.25, 0.3) is 0 Å². The van der Waals surface area contributed by atoms with E-state index in [1.165, 1.54) is 13.8 Å². The predicted octanol–water partition coefficient (Wildman–Crippen LogP) is 1.47. The zero-order chi connectivity index (χ0) is 19.2. The summed E-state index contributed by atoms with van der Waals surface area (Å²) < 4.78 is 38.7. The highest BCUT2D eigenvalue weighted by Crippen LogP contribution is 2.51. The summed E-state index contributed by atoms with van der Waals surface area (Å²) in [6, 6.07) is 0. The highest BCUT2D eigenvalue weighted by atomic mass is 31.2. The van der Waals surface area contributed by atoms with Gasteiger partial charge in [0.1, 0.15) is 6.10 Å². The molecule has 0 saturated carbocycles. The molecule has 0 aromatic heterocycles. The van der Waals surface area contributed by atoms with Gasteiger partial charge in [-0.3, -0.25) is 14.2 Å². The third-order valence-corrected chi connectivity index (χ3v) is 5.87. The van der Waals surface area contributed by atoms with Crippen molar-refractivity contribution in [1.82, 2.24) is 0 Å². The molecule has 9 nitrogen and oxygen atoms in total. The minimum atomic E-state index is -3.36. The molecule has 0 aromatic carbocycles. The summed E-state index contributed by atoms with van der Waals surface area (Å²) in [5.74, 6) is -1.76. The topological polar surface area (TPSA) is 118 Å². The van der Waals surface area contributed by atoms with E-state index in [4.69, 9.17) is 23.3 Å². The fourth-order valence-corrected chi connectivity index (χ4v) is 4.68. The van der Waals surface area contributed by atoms with Gasteiger partial charge < -0.3 is 28.4 Å². The van der Waals surface area contributed by atoms with E-state index >= 15 is 0 Å². The maximum absolute atomic E-state index is 12.7. The number of aliphatic hydroxyl groups excluding tert-OH is 1. The quantitative estimate of drug-likeness (QED) is 0.467. The van der Waals surface area contributed by atoms with Crippen molar-refractivity contribution in [1.29, 1.82) is 0 Å². The van der Waals surface area contributed by atoms with E-state index in [2.05, 4.69) is 0 Å². The van der Waals surface area contributed by atoms with Crippen LogP contribution in [0.15, 0.2) is 0 Å². The average Bonchev–Trinajstić information content (AvgIpc) is 2.75. The summed E-state index contributed by atoms with van der Waals surface area (Å²) in [7, 11) is -3.36. The van der Waals surface area contributed by atoms with Crippen molar-refractivity contribution in [2.24, 2.45) is 5.92 Å². The van der Waals surface area contributed by atoms with Crippen molar-refractivity contribution >= 4 is 19.5 Å². The summed E-state index contributed by atoms with van der Waals surface area (Å²) >= 11 is 0. The van der Waals surface area contributed by atoms with Gasteiger partial charge in [-0.05, 0) is 19.8 Å². The fourth-order valence-electron chi connectivity index (χ4n) is 2.70. The van der Waals surface area contributed by atoms with E-state index in [1.54, 1.807) is 20.8 Å². The lowest BCUT2D eigenvalue weighted by molar-refractivity contribution is -0.196. The Morgan fingerprint density at radius 1 is 1.12 bits per heavy atom. The smallest absolute Gasteiger partial charge is 0.331 e. The third kappa shape index (κ3) is 6.34. The lowest BCUT2D eigenvalue weighted by Gasteiger charge is -2.25. The molecule has 1 heterocycles. The molecular formula is C15H27O9P. The molecule has 0 aromatic rings. The van der Waals surface area contributed by atoms with Gasteiger partial charge in [0, 0.05) is 13.8 Å². The highest BCUT2D eigenvalue weighted by molar-refractivity contribution is 7.53. The SMILES string of the molecule is CCOP(=O)(C[C@@H](C)C1OC(OC(C)=O)[C@H](OC(C)=O)[C@@H]1O)OCC. The Bertz CT molecular complexity index is 499. The van der Waals surface area contributed by atoms with Gasteiger partial charge in [0.05, 0.1) is 25.5 Å². The number of hydrogen-bond donors (Lipinski definition) is 1. The van der Waals surface area contributed by atoms with Crippen LogP contribution in [0.5, 0.6) is 0 Å². The first-order valence-electron chi connectivity index (χ1n) is 8.19. The van der Waals surface area contributed by atoms with Crippen molar-refractivity contribution in [3.05, 3.63) is 0 Å². The molecule has 1 aliphatic heterocycles. The Labute approximate surface area is 147 Å². The first-order valence-corrected chi connectivity index (χ1v) is 9.92. The molecule has 1 rings (SSSR count). The molecule has 10 heteroatoms. The van der Waals surface area contributed by atoms with Crippen LogP contribution < -0.4 is 0 Å². The van der Waals surface area contributed by atoms with Crippen LogP contribution in [-0.4, -0.2) is 61.0 Å². The minimum absolute atomic E-state index is 0.00398. The molecule has 146 valence electrons. The molecule has 1 saturated heterocycles. The molecule has 0 radical (unpaired) electrons. The number of hydrogen-bond acceptors (Lipinski definition) is 9. The Morgan fingerprint density at radius 3 is 2.08 bits per heavy atom. The van der Waals surface area contributed by atoms with Gasteiger partial charge in [-0.1, -0.05) is 6.92 Å². The zero-order valence-corrected chi connectivity index (χ0v) is 16.1. The van der Waals surface area contributed by atoms with Gasteiger partial charge >= 0.3 is 19.5 Å². The van der Waals surface area contributed by atoms with Crippen LogP contribution in [0.3, 0.4) is 0 Å². The van der Waals surface area contributed by atoms with Crippen LogP contribution >= 0.6 is 7.60 Å². The average molecular weight is 382 g/mol. The van der Waals surface area contributed by atoms with Crippen molar-refractivity contribution in [3.8, 4) is 0 Å². The molecule has 0 spiro atoms. The number of aliphatic hydroxyl groups is 1. The van der Waals surface area contributed by atoms with Gasteiger partial charge in [-0.2, -0.15) is 0 Å². The first-order chi connectivity index (χ1) is 11.6. The molecule has 5 atom stereocenters. The fraction of sp³-hybridized carbons (Fsp3) is 0.867. The second kappa shape index (κ2) is 9.64. The maximum atomic E-state index is 12.7. The predicted molar refractivity (Wildman–Crippen MR) is 86.9 cm³/mol. The van der Waals surface area contributed by atoms with Gasteiger partial charge in [-0.15, -0.1) is 0 Å². The van der Waals surface area contributed by atoms with Gasteiger partial charge in [-0.25, -0.2) is 0 Å². The number of rotatable bonds is 9. The van der Waals surface area contributed by atoms with E-state index in [9.17, 15) is 19.3 Å². The second-order valence-electron chi connectivity index (χ2n) is 5.75. The summed E-state index contributed by atoms with van der Waals surface area (Å²) in [5, 5.41) is 10.4. The van der Waals surface area contributed by atoms with Gasteiger partial charge in [0.15, 0.2) is 6.10 Å². The molecule has 2 unspecified atom stereocenters. The van der Waals surface area contributed by atoms with E-state index < -0.39 is 50.1 Å². The van der Waals surface area contributed by atoms with Crippen LogP contribution in [0.2, 0.25) is 0 Å². The highest BCUT2D eigenvalue weighted by Gasteiger charge is 2.50. The Kier molecular flexibility index (Phi) is 8.50. The number of ether oxygens (including phenoxy) is 3. The van der Waals surface area contributed by atoms with Crippen LogP contribution in [-0.2, 0) is 37.4 Å². The summed E-state index contributed by atoms with van der Waals surface area (Å²) in [5.41, 5.74) is 0. The van der Waals surface area contributed by atoms with Crippen LogP contribution in [0.25, 0.3) is 0 Å². The number of carbonyl (C=O) groups is 2. The second-order valence-corrected chi connectivity index (χ2v) is 7.85. The first kappa shape index (κ1) is 22.1. The molecule has 25 heavy (non-hydrogen) atoms. The molecular weight excluding hydrogens is 355 g/mol. The third-order valence-electron chi connectivity index (χ3n) is 3.54. The van der Waals surface area contributed by atoms with E-state index in [-0.39, 0.29) is 19.4 Å². The lowest BCUT2D eigenvalue weighted by Crippen LogP contribution is -2.40. The number of carbonyl (C=O) groups excluding carboxylic acids is 2. The molecule has 0 amide bonds. The zero-order valence-electron chi connectivity index (χ0n) is 15.2. The van der Waals surface area contributed by atoms with Crippen molar-refractivity contribution in [3.63, 3.8) is 0 Å². The van der Waals surface area contributed by atoms with Crippen molar-refractivity contribution < 1.29 is 42.5 Å². The minimum Gasteiger partial charge on any atom is -0.453 e. The van der Waals surface area contributed by atoms with Crippen molar-refractivity contribution in [2.75, 3.05) is 19.4 Å². The van der Waals surface area contributed by atoms with E-state index in [0.717, 1.165) is 0 Å². The van der Waals surface area contributed by atoms with E-state index in [0.29, 0.717) is 0 Å². The molecule has 1 fully saturated rings. The molecule has 0 aliphatic carbocycles. The number of esters is 2. The normalized spacial score (nSPS) is 27.8. The molecule has 1 aliphatic rings. The van der Waals surface area contributed by atoms with Crippen LogP contribution in [0.4, 0.5) is 0 Å². The Balaban J connectivity index is 2.89. The van der Waals surface area contributed by atoms with Crippen LogP contribution in [0, 0.1) is 5.92 Å². The lowest BCUT2D eigenvalue weighted by atomic mass is 10.0. The standard InChI is InChI=1S/C15H27O9P/c1-6-20-25(19,21-7-2)8-9(3)13-12(18)14(22-10(4)16)15(24-13)23-11(5)17/h9,12-15,18H,6-8H2,1-5H3/t9-,12-,13?,14-,15?/m1/s1. The Morgan fingerprint density at radius 2 is 1.64 bits per heavy atom.